The fourth-order valence-corrected chi connectivity index (χ4v) is 9.05. The maximum Gasteiger partial charge on any atom is 0.174 e. The first kappa shape index (κ1) is 14.2. The van der Waals surface area contributed by atoms with Crippen LogP contribution < -0.4 is 0 Å². The molecule has 1 heterocycles. The Labute approximate surface area is 103 Å². The molecule has 0 spiro atoms. The van der Waals surface area contributed by atoms with Crippen molar-refractivity contribution in [1.82, 2.24) is 0 Å². The van der Waals surface area contributed by atoms with E-state index < -0.39 is 15.4 Å². The van der Waals surface area contributed by atoms with Gasteiger partial charge in [-0.15, -0.1) is 6.58 Å². The van der Waals surface area contributed by atoms with Crippen LogP contribution in [-0.2, 0) is 4.43 Å². The van der Waals surface area contributed by atoms with Crippen molar-refractivity contribution in [2.75, 3.05) is 0 Å². The zero-order valence-electron chi connectivity index (χ0n) is 11.5. The molecule has 1 aliphatic heterocycles. The van der Waals surface area contributed by atoms with Gasteiger partial charge in [-0.25, -0.2) is 0 Å². The summed E-state index contributed by atoms with van der Waals surface area (Å²) in [4.78, 5) is 0. The lowest BCUT2D eigenvalue weighted by Crippen LogP contribution is -2.61. The van der Waals surface area contributed by atoms with Crippen LogP contribution in [0.1, 0.15) is 32.1 Å². The van der Waals surface area contributed by atoms with E-state index in [-0.39, 0.29) is 0 Å². The molecule has 3 heteroatoms. The summed E-state index contributed by atoms with van der Waals surface area (Å²) in [5.74, 6) is 0. The lowest BCUT2D eigenvalue weighted by atomic mass is 10.1. The summed E-state index contributed by atoms with van der Waals surface area (Å²) in [7, 11) is -2.34. The largest absolute Gasteiger partial charge is 0.417 e. The first-order valence-corrected chi connectivity index (χ1v) is 13.8. The van der Waals surface area contributed by atoms with Crippen LogP contribution in [0.5, 0.6) is 0 Å². The standard InChI is InChI=1S/C13H28OSi2/c1-6-7-8-9-10-13-11-12-15(2,3)16(4,5)14-13/h6,13H,1,7-12H2,2-5H3. The molecule has 0 radical (unpaired) electrons. The van der Waals surface area contributed by atoms with Gasteiger partial charge < -0.3 is 4.43 Å². The van der Waals surface area contributed by atoms with Crippen molar-refractivity contribution < 1.29 is 4.43 Å². The highest BCUT2D eigenvalue weighted by molar-refractivity contribution is 7.38. The van der Waals surface area contributed by atoms with E-state index >= 15 is 0 Å². The lowest BCUT2D eigenvalue weighted by molar-refractivity contribution is 0.172. The van der Waals surface area contributed by atoms with Crippen molar-refractivity contribution in [2.45, 2.75) is 70.4 Å². The van der Waals surface area contributed by atoms with Crippen molar-refractivity contribution in [1.29, 1.82) is 0 Å². The second kappa shape index (κ2) is 5.65. The number of allylic oxidation sites excluding steroid dienone is 1. The van der Waals surface area contributed by atoms with Crippen LogP contribution in [-0.4, -0.2) is 21.5 Å². The molecule has 16 heavy (non-hydrogen) atoms. The Bertz CT molecular complexity index is 236. The van der Waals surface area contributed by atoms with Crippen LogP contribution in [0, 0.1) is 0 Å². The van der Waals surface area contributed by atoms with E-state index in [1.807, 2.05) is 6.08 Å². The predicted molar refractivity (Wildman–Crippen MR) is 77.9 cm³/mol. The van der Waals surface area contributed by atoms with Gasteiger partial charge >= 0.3 is 0 Å². The van der Waals surface area contributed by atoms with Crippen molar-refractivity contribution in [3.8, 4) is 0 Å². The van der Waals surface area contributed by atoms with Gasteiger partial charge in [0.25, 0.3) is 0 Å². The third-order valence-corrected chi connectivity index (χ3v) is 21.0. The normalized spacial score (nSPS) is 27.6. The van der Waals surface area contributed by atoms with Crippen LogP contribution in [0.4, 0.5) is 0 Å². The van der Waals surface area contributed by atoms with E-state index in [0.29, 0.717) is 6.10 Å². The molecule has 0 aromatic heterocycles. The minimum Gasteiger partial charge on any atom is -0.417 e. The van der Waals surface area contributed by atoms with Crippen molar-refractivity contribution in [2.24, 2.45) is 0 Å². The molecule has 1 atom stereocenters. The zero-order valence-corrected chi connectivity index (χ0v) is 13.5. The van der Waals surface area contributed by atoms with E-state index in [1.54, 1.807) is 0 Å². The Kier molecular flexibility index (Phi) is 5.01. The molecule has 1 nitrogen and oxygen atoms in total. The predicted octanol–water partition coefficient (Wildman–Crippen LogP) is 4.51. The summed E-state index contributed by atoms with van der Waals surface area (Å²) < 4.78 is 6.44. The van der Waals surface area contributed by atoms with Crippen LogP contribution in [0.25, 0.3) is 0 Å². The number of hydrogen-bond donors (Lipinski definition) is 0. The summed E-state index contributed by atoms with van der Waals surface area (Å²) >= 11 is 0. The van der Waals surface area contributed by atoms with E-state index in [0.717, 1.165) is 6.42 Å². The van der Waals surface area contributed by atoms with E-state index in [1.165, 1.54) is 31.7 Å². The average molecular weight is 257 g/mol. The third kappa shape index (κ3) is 3.57. The Morgan fingerprint density at radius 3 is 2.50 bits per heavy atom. The Morgan fingerprint density at radius 1 is 1.25 bits per heavy atom. The molecular weight excluding hydrogens is 228 g/mol. The second-order valence-electron chi connectivity index (χ2n) is 6.25. The Morgan fingerprint density at radius 2 is 1.94 bits per heavy atom. The average Bonchev–Trinajstić information content (AvgIpc) is 2.18. The lowest BCUT2D eigenvalue weighted by Gasteiger charge is -2.45. The molecule has 0 amide bonds. The summed E-state index contributed by atoms with van der Waals surface area (Å²) in [5, 5.41) is 0. The highest BCUT2D eigenvalue weighted by atomic mass is 29.3. The number of hydrogen-bond acceptors (Lipinski definition) is 1. The van der Waals surface area contributed by atoms with Crippen LogP contribution in [0.3, 0.4) is 0 Å². The van der Waals surface area contributed by atoms with Crippen LogP contribution in [0.15, 0.2) is 12.7 Å². The molecule has 0 bridgehead atoms. The molecule has 0 aliphatic carbocycles. The molecular formula is C13H28OSi2. The summed E-state index contributed by atoms with van der Waals surface area (Å²) in [6.45, 7) is 13.7. The molecule has 1 fully saturated rings. The van der Waals surface area contributed by atoms with E-state index in [4.69, 9.17) is 4.43 Å². The molecule has 1 unspecified atom stereocenters. The summed E-state index contributed by atoms with van der Waals surface area (Å²) in [5.41, 5.74) is 0. The van der Waals surface area contributed by atoms with Crippen LogP contribution in [0.2, 0.25) is 32.2 Å². The van der Waals surface area contributed by atoms with E-state index in [9.17, 15) is 0 Å². The second-order valence-corrected chi connectivity index (χ2v) is 21.4. The minimum atomic E-state index is -1.33. The SMILES string of the molecule is C=CCCCCC1CC[Si](C)(C)[Si](C)(C)O1. The first-order chi connectivity index (χ1) is 7.39. The Balaban J connectivity index is 2.35. The quantitative estimate of drug-likeness (QED) is 0.399. The van der Waals surface area contributed by atoms with Crippen LogP contribution >= 0.6 is 0 Å². The van der Waals surface area contributed by atoms with Gasteiger partial charge in [0.15, 0.2) is 7.83 Å². The molecule has 0 saturated carbocycles. The van der Waals surface area contributed by atoms with Gasteiger partial charge in [0.05, 0.1) is 7.59 Å². The maximum absolute atomic E-state index is 6.44. The molecule has 94 valence electrons. The molecule has 0 aromatic rings. The highest BCUT2D eigenvalue weighted by Crippen LogP contribution is 2.34. The van der Waals surface area contributed by atoms with E-state index in [2.05, 4.69) is 32.8 Å². The summed E-state index contributed by atoms with van der Waals surface area (Å²) in [6.07, 6.45) is 8.95. The number of rotatable bonds is 5. The van der Waals surface area contributed by atoms with Gasteiger partial charge in [0.1, 0.15) is 0 Å². The van der Waals surface area contributed by atoms with Gasteiger partial charge in [-0.05, 0) is 38.8 Å². The fourth-order valence-electron chi connectivity index (χ4n) is 2.32. The minimum absolute atomic E-state index is 0.576. The zero-order chi connectivity index (χ0) is 12.2. The smallest absolute Gasteiger partial charge is 0.174 e. The van der Waals surface area contributed by atoms with Gasteiger partial charge in [0.2, 0.25) is 0 Å². The van der Waals surface area contributed by atoms with Gasteiger partial charge in [-0.3, -0.25) is 0 Å². The Hall–Kier alpha value is 0.134. The molecule has 1 aliphatic rings. The van der Waals surface area contributed by atoms with Gasteiger partial charge in [-0.1, -0.05) is 31.6 Å². The highest BCUT2D eigenvalue weighted by Gasteiger charge is 2.47. The third-order valence-electron chi connectivity index (χ3n) is 4.37. The summed E-state index contributed by atoms with van der Waals surface area (Å²) in [6, 6.07) is 1.48. The molecule has 0 N–H and O–H groups in total. The van der Waals surface area contributed by atoms with Gasteiger partial charge in [0, 0.05) is 6.10 Å². The van der Waals surface area contributed by atoms with Crippen molar-refractivity contribution in [3.05, 3.63) is 12.7 Å². The first-order valence-electron chi connectivity index (χ1n) is 6.68. The molecule has 1 saturated heterocycles. The topological polar surface area (TPSA) is 9.23 Å². The molecule has 0 aromatic carbocycles. The van der Waals surface area contributed by atoms with Crippen molar-refractivity contribution in [3.63, 3.8) is 0 Å². The fraction of sp³-hybridized carbons (Fsp3) is 0.846. The van der Waals surface area contributed by atoms with Gasteiger partial charge in [-0.2, -0.15) is 0 Å². The monoisotopic (exact) mass is 256 g/mol. The number of unbranched alkanes of at least 4 members (excludes halogenated alkanes) is 2. The maximum atomic E-state index is 6.44. The van der Waals surface area contributed by atoms with Crippen molar-refractivity contribution >= 4 is 15.4 Å². The molecule has 1 rings (SSSR count).